The molecule has 10 aromatic carbocycles. The summed E-state index contributed by atoms with van der Waals surface area (Å²) >= 11 is 0. The largest absolute Gasteiger partial charge is 0.497 e. The Morgan fingerprint density at radius 3 is 0.879 bits per heavy atom. The Morgan fingerprint density at radius 1 is 0.328 bits per heavy atom. The van der Waals surface area contributed by atoms with Crippen LogP contribution in [0.3, 0.4) is 0 Å². The van der Waals surface area contributed by atoms with Crippen molar-refractivity contribution in [2.75, 3.05) is 31.3 Å². The Balaban J connectivity index is 0.000000215. The maximum absolute atomic E-state index is 12.8. The van der Waals surface area contributed by atoms with E-state index in [1.165, 1.54) is 37.4 Å². The maximum atomic E-state index is 12.8. The van der Waals surface area contributed by atoms with Crippen molar-refractivity contribution in [1.82, 2.24) is 31.9 Å². The highest BCUT2D eigenvalue weighted by atomic mass is 16.5. The standard InChI is InChI=1S/C27H21N3O2.C27H24N2O3.C23H24N2O2.C21H20N2O2/c28-20-23-14-7-15-24(19-23)29-27(32)25(16-8-13-21-9-3-1-4-10-21)30-26(31)18-17-22-11-5-2-6-12-22;1-32-24-18-16-23(17-19-24)28-27(31)25(14-8-13-21-9-4-2-5-10-21)29-26(30)20-15-22-11-6-3-7-12-22;1-2-18-24-23(27)21(15-9-14-19-10-5-3-6-11-19)25-22(26)17-16-20-12-7-4-8-13-20;1-22-21(25)19(14-8-13-17-9-4-2-5-10-17)23-20(24)16-15-18-11-6-3-7-12-18/h1-19H,(H,29,32)(H,30,31);2-20H,1H3,(H,28,31)(H,29,30);3-17H,2,18H2,1H3,(H,24,27)(H,25,26);2-16H,1H3,(H,22,25)(H,23,24)/b13-8+,18-17+,25-16-;13-8+,20-15+,25-14-;14-9+,17-16+,21-15-;13-8+,16-15+,19-14-. The molecule has 18 heteroatoms. The molecule has 8 N–H and O–H groups in total. The van der Waals surface area contributed by atoms with Crippen molar-refractivity contribution in [3.63, 3.8) is 0 Å². The number of likely N-dealkylation sites (N-methyl/N-ethyl adjacent to an activating group) is 1. The van der Waals surface area contributed by atoms with Gasteiger partial charge in [0, 0.05) is 49.3 Å². The number of amides is 8. The van der Waals surface area contributed by atoms with Gasteiger partial charge in [0.15, 0.2) is 0 Å². The Morgan fingerprint density at radius 2 is 0.603 bits per heavy atom. The Bertz CT molecular complexity index is 5250. The number of carbonyl (C=O) groups excluding carboxylic acids is 8. The number of nitrogens with one attached hydrogen (secondary N) is 8. The van der Waals surface area contributed by atoms with Gasteiger partial charge in [0.2, 0.25) is 23.6 Å². The molecule has 0 aliphatic rings. The molecule has 0 bridgehead atoms. The zero-order valence-corrected chi connectivity index (χ0v) is 64.3. The van der Waals surface area contributed by atoms with Crippen LogP contribution in [0.1, 0.15) is 63.4 Å². The molecule has 0 unspecified atom stereocenters. The molecule has 0 aliphatic heterocycles. The van der Waals surface area contributed by atoms with Crippen molar-refractivity contribution in [3.05, 3.63) is 437 Å². The van der Waals surface area contributed by atoms with Crippen LogP contribution < -0.4 is 47.3 Å². The molecule has 0 fully saturated rings. The monoisotopic (exact) mass is 1540 g/mol. The summed E-state index contributed by atoms with van der Waals surface area (Å²) in [6, 6.07) is 92.1. The fourth-order valence-electron chi connectivity index (χ4n) is 9.82. The molecule has 8 amide bonds. The van der Waals surface area contributed by atoms with Crippen molar-refractivity contribution < 1.29 is 43.1 Å². The van der Waals surface area contributed by atoms with Gasteiger partial charge >= 0.3 is 0 Å². The lowest BCUT2D eigenvalue weighted by Crippen LogP contribution is -2.34. The van der Waals surface area contributed by atoms with Gasteiger partial charge in [-0.15, -0.1) is 0 Å². The molecule has 580 valence electrons. The number of benzene rings is 10. The van der Waals surface area contributed by atoms with E-state index in [0.717, 1.165) is 50.9 Å². The third kappa shape index (κ3) is 35.2. The van der Waals surface area contributed by atoms with E-state index in [2.05, 4.69) is 42.5 Å². The van der Waals surface area contributed by atoms with Crippen LogP contribution in [0.4, 0.5) is 11.4 Å². The highest BCUT2D eigenvalue weighted by Crippen LogP contribution is 2.17. The van der Waals surface area contributed by atoms with Crippen LogP contribution in [0.2, 0.25) is 0 Å². The Labute approximate surface area is 677 Å². The number of nitriles is 1. The molecule has 18 nitrogen and oxygen atoms in total. The molecule has 0 heterocycles. The van der Waals surface area contributed by atoms with Crippen LogP contribution in [0.15, 0.2) is 387 Å². The second-order valence-corrected chi connectivity index (χ2v) is 24.5. The van der Waals surface area contributed by atoms with E-state index in [-0.39, 0.29) is 46.4 Å². The molecular weight excluding hydrogens is 1450 g/mol. The Hall–Kier alpha value is -15.9. The van der Waals surface area contributed by atoms with Crippen molar-refractivity contribution in [2.45, 2.75) is 13.3 Å². The van der Waals surface area contributed by atoms with Crippen molar-refractivity contribution in [2.24, 2.45) is 0 Å². The summed E-state index contributed by atoms with van der Waals surface area (Å²) in [6.07, 6.45) is 33.7. The number of carbonyl (C=O) groups is 8. The van der Waals surface area contributed by atoms with E-state index in [1.54, 1.807) is 122 Å². The highest BCUT2D eigenvalue weighted by molar-refractivity contribution is 6.09. The average Bonchev–Trinajstić information content (AvgIpc) is 0.854. The molecule has 0 radical (unpaired) electrons. The number of hydrogen-bond donors (Lipinski definition) is 8. The summed E-state index contributed by atoms with van der Waals surface area (Å²) in [4.78, 5) is 99.0. The van der Waals surface area contributed by atoms with Crippen molar-refractivity contribution >= 4 is 107 Å². The molecule has 116 heavy (non-hydrogen) atoms. The smallest absolute Gasteiger partial charge is 0.272 e. The van der Waals surface area contributed by atoms with Gasteiger partial charge in [-0.1, -0.05) is 304 Å². The van der Waals surface area contributed by atoms with E-state index in [0.29, 0.717) is 29.2 Å². The lowest BCUT2D eigenvalue weighted by molar-refractivity contribution is -0.121. The fourth-order valence-corrected chi connectivity index (χ4v) is 9.82. The van der Waals surface area contributed by atoms with E-state index in [4.69, 9.17) is 10.00 Å². The lowest BCUT2D eigenvalue weighted by Gasteiger charge is -2.10. The third-order valence-electron chi connectivity index (χ3n) is 15.7. The molecular formula is C98H89N9O9. The topological polar surface area (TPSA) is 266 Å². The lowest BCUT2D eigenvalue weighted by atomic mass is 10.2. The highest BCUT2D eigenvalue weighted by Gasteiger charge is 2.15. The minimum atomic E-state index is -0.501. The second kappa shape index (κ2) is 51.5. The summed E-state index contributed by atoms with van der Waals surface area (Å²) in [5, 5.41) is 30.4. The first-order valence-corrected chi connectivity index (χ1v) is 36.8. The molecule has 0 saturated heterocycles. The first-order valence-electron chi connectivity index (χ1n) is 36.8. The molecule has 10 aromatic rings. The summed E-state index contributed by atoms with van der Waals surface area (Å²) in [5.41, 5.74) is 9.58. The van der Waals surface area contributed by atoms with Gasteiger partial charge < -0.3 is 47.3 Å². The van der Waals surface area contributed by atoms with Gasteiger partial charge in [0.05, 0.1) is 18.7 Å². The molecule has 0 aromatic heterocycles. The minimum absolute atomic E-state index is 0.0715. The van der Waals surface area contributed by atoms with Crippen molar-refractivity contribution in [3.8, 4) is 11.8 Å². The quantitative estimate of drug-likeness (QED) is 0.0162. The third-order valence-corrected chi connectivity index (χ3v) is 15.7. The van der Waals surface area contributed by atoms with Gasteiger partial charge in [-0.25, -0.2) is 0 Å². The SMILES string of the molecule is CCCNC(=O)/C(=C/C=C/c1ccccc1)NC(=O)/C=C/c1ccccc1.CNC(=O)/C(=C/C=C/c1ccccc1)NC(=O)/C=C/c1ccccc1.COc1ccc(NC(=O)/C(=C/C=C/c2ccccc2)NC(=O)/C=C/c2ccccc2)cc1.N#Cc1cccc(NC(=O)/C(=C/C=C/c2ccccc2)NC(=O)/C=C/c2ccccc2)c1. The summed E-state index contributed by atoms with van der Waals surface area (Å²) in [7, 11) is 3.09. The van der Waals surface area contributed by atoms with Gasteiger partial charge in [0.1, 0.15) is 28.5 Å². The van der Waals surface area contributed by atoms with Crippen LogP contribution >= 0.6 is 0 Å². The molecule has 0 saturated carbocycles. The van der Waals surface area contributed by atoms with Crippen molar-refractivity contribution in [1.29, 1.82) is 5.26 Å². The summed E-state index contributed by atoms with van der Waals surface area (Å²) < 4.78 is 5.13. The number of methoxy groups -OCH3 is 1. The first kappa shape index (κ1) is 87.4. The van der Waals surface area contributed by atoms with E-state index < -0.39 is 23.6 Å². The predicted octanol–water partition coefficient (Wildman–Crippen LogP) is 17.1. The van der Waals surface area contributed by atoms with Crippen LogP contribution in [0.5, 0.6) is 5.75 Å². The molecule has 0 atom stereocenters. The molecule has 10 rings (SSSR count). The van der Waals surface area contributed by atoms with Gasteiger partial charge in [0.25, 0.3) is 23.6 Å². The van der Waals surface area contributed by atoms with Crippen LogP contribution in [0, 0.1) is 11.3 Å². The van der Waals surface area contributed by atoms with Crippen LogP contribution in [-0.4, -0.2) is 68.0 Å². The zero-order chi connectivity index (χ0) is 82.4. The number of hydrogen-bond acceptors (Lipinski definition) is 10. The zero-order valence-electron chi connectivity index (χ0n) is 64.3. The van der Waals surface area contributed by atoms with E-state index in [1.807, 2.05) is 280 Å². The second-order valence-electron chi connectivity index (χ2n) is 24.5. The normalized spacial score (nSPS) is 11.5. The predicted molar refractivity (Wildman–Crippen MR) is 467 cm³/mol. The summed E-state index contributed by atoms with van der Waals surface area (Å²) in [5.74, 6) is -2.49. The number of allylic oxidation sites excluding steroid dienone is 8. The minimum Gasteiger partial charge on any atom is -0.497 e. The number of ether oxygens (including phenoxy) is 1. The van der Waals surface area contributed by atoms with Crippen LogP contribution in [0.25, 0.3) is 48.6 Å². The van der Waals surface area contributed by atoms with E-state index in [9.17, 15) is 38.4 Å². The average molecular weight is 1540 g/mol. The molecule has 0 spiro atoms. The maximum Gasteiger partial charge on any atom is 0.272 e. The van der Waals surface area contributed by atoms with Gasteiger partial charge in [-0.2, -0.15) is 5.26 Å². The van der Waals surface area contributed by atoms with Crippen LogP contribution in [-0.2, 0) is 38.4 Å². The van der Waals surface area contributed by atoms with Gasteiger partial charge in [-0.05, 0) is 142 Å². The molecule has 0 aliphatic carbocycles. The first-order chi connectivity index (χ1) is 56.6. The van der Waals surface area contributed by atoms with Gasteiger partial charge in [-0.3, -0.25) is 38.4 Å². The summed E-state index contributed by atoms with van der Waals surface area (Å²) in [6.45, 7) is 2.52. The Kier molecular flexibility index (Phi) is 38.8. The number of rotatable bonds is 29. The number of nitrogens with zero attached hydrogens (tertiary/aromatic N) is 1. The van der Waals surface area contributed by atoms with E-state index >= 15 is 0 Å². The fraction of sp³-hybridized carbons (Fsp3) is 0.0510. The number of anilines is 2.